The summed E-state index contributed by atoms with van der Waals surface area (Å²) in [5.41, 5.74) is 3.06. The van der Waals surface area contributed by atoms with Gasteiger partial charge in [-0.2, -0.15) is 0 Å². The van der Waals surface area contributed by atoms with Crippen molar-refractivity contribution >= 4 is 21.6 Å². The van der Waals surface area contributed by atoms with Gasteiger partial charge in [-0.3, -0.25) is 9.10 Å². The van der Waals surface area contributed by atoms with Gasteiger partial charge in [0.1, 0.15) is 6.54 Å². The maximum atomic E-state index is 12.8. The van der Waals surface area contributed by atoms with Crippen molar-refractivity contribution in [1.29, 1.82) is 0 Å². The number of nitrogens with zero attached hydrogens (tertiary/aromatic N) is 1. The Morgan fingerprint density at radius 3 is 2.30 bits per heavy atom. The second kappa shape index (κ2) is 9.84. The number of carbonyl (C=O) groups excluding carboxylic acids is 1. The number of ether oxygens (including phenoxy) is 2. The van der Waals surface area contributed by atoms with E-state index in [2.05, 4.69) is 5.32 Å². The molecule has 1 amide bonds. The summed E-state index contributed by atoms with van der Waals surface area (Å²) in [5, 5.41) is 2.94. The van der Waals surface area contributed by atoms with Gasteiger partial charge in [0, 0.05) is 0 Å². The molecule has 164 valence electrons. The topological polar surface area (TPSA) is 84.9 Å². The van der Waals surface area contributed by atoms with Crippen LogP contribution in [0.4, 0.5) is 5.69 Å². The van der Waals surface area contributed by atoms with Crippen molar-refractivity contribution in [2.24, 2.45) is 0 Å². The number of rotatable bonds is 9. The van der Waals surface area contributed by atoms with Crippen molar-refractivity contribution in [2.45, 2.75) is 33.2 Å². The molecule has 30 heavy (non-hydrogen) atoms. The summed E-state index contributed by atoms with van der Waals surface area (Å²) in [4.78, 5) is 12.8. The van der Waals surface area contributed by atoms with Gasteiger partial charge in [0.15, 0.2) is 11.5 Å². The van der Waals surface area contributed by atoms with E-state index in [9.17, 15) is 13.2 Å². The maximum Gasteiger partial charge on any atom is 0.241 e. The minimum absolute atomic E-state index is 0.294. The molecule has 8 heteroatoms. The van der Waals surface area contributed by atoms with Crippen LogP contribution in [0.5, 0.6) is 11.5 Å². The van der Waals surface area contributed by atoms with Crippen LogP contribution in [-0.2, 0) is 14.8 Å². The van der Waals surface area contributed by atoms with E-state index in [0.29, 0.717) is 23.6 Å². The molecular weight excluding hydrogens is 404 g/mol. The molecule has 0 aromatic heterocycles. The molecule has 0 radical (unpaired) electrons. The number of hydrogen-bond acceptors (Lipinski definition) is 5. The maximum absolute atomic E-state index is 12.8. The summed E-state index contributed by atoms with van der Waals surface area (Å²) in [7, 11) is -0.533. The van der Waals surface area contributed by atoms with E-state index >= 15 is 0 Å². The summed E-state index contributed by atoms with van der Waals surface area (Å²) in [6.45, 7) is 5.35. The lowest BCUT2D eigenvalue weighted by atomic mass is 10.0. The third kappa shape index (κ3) is 5.66. The second-order valence-corrected chi connectivity index (χ2v) is 9.11. The van der Waals surface area contributed by atoms with Crippen LogP contribution in [0.3, 0.4) is 0 Å². The number of sulfonamides is 1. The van der Waals surface area contributed by atoms with Crippen LogP contribution in [0, 0.1) is 13.8 Å². The molecule has 0 bridgehead atoms. The van der Waals surface area contributed by atoms with Crippen LogP contribution in [0.2, 0.25) is 0 Å². The molecule has 0 fully saturated rings. The Bertz CT molecular complexity index is 1000. The molecule has 0 saturated carbocycles. The second-order valence-electron chi connectivity index (χ2n) is 7.20. The van der Waals surface area contributed by atoms with Crippen molar-refractivity contribution in [2.75, 3.05) is 31.3 Å². The first-order valence-electron chi connectivity index (χ1n) is 9.67. The Labute approximate surface area is 179 Å². The Morgan fingerprint density at radius 1 is 1.07 bits per heavy atom. The van der Waals surface area contributed by atoms with Gasteiger partial charge in [0.2, 0.25) is 15.9 Å². The molecule has 2 rings (SSSR count). The molecule has 0 aliphatic rings. The zero-order chi connectivity index (χ0) is 22.5. The lowest BCUT2D eigenvalue weighted by Crippen LogP contribution is -2.41. The van der Waals surface area contributed by atoms with Gasteiger partial charge < -0.3 is 14.8 Å². The molecule has 0 unspecified atom stereocenters. The lowest BCUT2D eigenvalue weighted by molar-refractivity contribution is -0.120. The van der Waals surface area contributed by atoms with E-state index < -0.39 is 10.0 Å². The minimum Gasteiger partial charge on any atom is -0.493 e. The fourth-order valence-electron chi connectivity index (χ4n) is 3.23. The van der Waals surface area contributed by atoms with E-state index in [1.54, 1.807) is 26.4 Å². The number of hydrogen-bond donors (Lipinski definition) is 1. The van der Waals surface area contributed by atoms with Crippen molar-refractivity contribution in [3.05, 3.63) is 53.1 Å². The van der Waals surface area contributed by atoms with E-state index in [0.717, 1.165) is 27.3 Å². The fraction of sp³-hybridized carbons (Fsp3) is 0.409. The highest BCUT2D eigenvalue weighted by atomic mass is 32.2. The standard InChI is InChI=1S/C22H30N2O5S/c1-7-18(17-10-11-20(28-4)21(13-17)29-5)23-22(25)14-24(30(6,26)27)19-12-15(2)8-9-16(19)3/h8-13,18H,7,14H2,1-6H3,(H,23,25)/t18-/m0/s1. The van der Waals surface area contributed by atoms with Crippen molar-refractivity contribution < 1.29 is 22.7 Å². The van der Waals surface area contributed by atoms with E-state index in [4.69, 9.17) is 9.47 Å². The number of benzene rings is 2. The summed E-state index contributed by atoms with van der Waals surface area (Å²) >= 11 is 0. The summed E-state index contributed by atoms with van der Waals surface area (Å²) in [5.74, 6) is 0.777. The molecular formula is C22H30N2O5S. The van der Waals surface area contributed by atoms with Crippen molar-refractivity contribution in [3.8, 4) is 11.5 Å². The number of carbonyl (C=O) groups is 1. The van der Waals surface area contributed by atoms with Gasteiger partial charge in [0.05, 0.1) is 32.2 Å². The molecule has 1 atom stereocenters. The number of amides is 1. The van der Waals surface area contributed by atoms with E-state index in [1.165, 1.54) is 0 Å². The average Bonchev–Trinajstić information content (AvgIpc) is 2.70. The first-order valence-corrected chi connectivity index (χ1v) is 11.5. The highest BCUT2D eigenvalue weighted by Gasteiger charge is 2.24. The average molecular weight is 435 g/mol. The van der Waals surface area contributed by atoms with Gasteiger partial charge in [-0.15, -0.1) is 0 Å². The number of nitrogens with one attached hydrogen (secondary N) is 1. The first kappa shape index (κ1) is 23.5. The molecule has 0 aliphatic carbocycles. The molecule has 0 saturated heterocycles. The Balaban J connectivity index is 2.26. The van der Waals surface area contributed by atoms with Crippen molar-refractivity contribution in [3.63, 3.8) is 0 Å². The van der Waals surface area contributed by atoms with E-state index in [1.807, 2.05) is 45.0 Å². The predicted molar refractivity (Wildman–Crippen MR) is 119 cm³/mol. The van der Waals surface area contributed by atoms with E-state index in [-0.39, 0.29) is 18.5 Å². The van der Waals surface area contributed by atoms with Gasteiger partial charge >= 0.3 is 0 Å². The Morgan fingerprint density at radius 2 is 1.73 bits per heavy atom. The van der Waals surface area contributed by atoms with Crippen molar-refractivity contribution in [1.82, 2.24) is 5.32 Å². The number of aryl methyl sites for hydroxylation is 2. The third-order valence-corrected chi connectivity index (χ3v) is 6.00. The van der Waals surface area contributed by atoms with Gasteiger partial charge in [-0.1, -0.05) is 25.1 Å². The number of methoxy groups -OCH3 is 2. The Kier molecular flexibility index (Phi) is 7.72. The number of anilines is 1. The van der Waals surface area contributed by atoms with Gasteiger partial charge in [0.25, 0.3) is 0 Å². The van der Waals surface area contributed by atoms with Crippen LogP contribution in [0.15, 0.2) is 36.4 Å². The zero-order valence-electron chi connectivity index (χ0n) is 18.4. The third-order valence-electron chi connectivity index (χ3n) is 4.87. The quantitative estimate of drug-likeness (QED) is 0.654. The molecule has 2 aromatic rings. The molecule has 0 heterocycles. The largest absolute Gasteiger partial charge is 0.493 e. The van der Waals surface area contributed by atoms with Crippen LogP contribution < -0.4 is 19.1 Å². The first-order chi connectivity index (χ1) is 14.1. The molecule has 0 aliphatic heterocycles. The normalized spacial score (nSPS) is 12.2. The zero-order valence-corrected chi connectivity index (χ0v) is 19.2. The summed E-state index contributed by atoms with van der Waals surface area (Å²) in [6.07, 6.45) is 1.73. The van der Waals surface area contributed by atoms with Crippen LogP contribution in [0.1, 0.15) is 36.1 Å². The van der Waals surface area contributed by atoms with Crippen LogP contribution in [0.25, 0.3) is 0 Å². The highest BCUT2D eigenvalue weighted by molar-refractivity contribution is 7.92. The molecule has 0 spiro atoms. The molecule has 1 N–H and O–H groups in total. The SMILES string of the molecule is CC[C@H](NC(=O)CN(c1cc(C)ccc1C)S(C)(=O)=O)c1ccc(OC)c(OC)c1. The van der Waals surface area contributed by atoms with Gasteiger partial charge in [-0.05, 0) is 55.2 Å². The molecule has 2 aromatic carbocycles. The molecule has 7 nitrogen and oxygen atoms in total. The minimum atomic E-state index is -3.64. The smallest absolute Gasteiger partial charge is 0.241 e. The Hall–Kier alpha value is -2.74. The van der Waals surface area contributed by atoms with Gasteiger partial charge in [-0.25, -0.2) is 8.42 Å². The lowest BCUT2D eigenvalue weighted by Gasteiger charge is -2.26. The monoisotopic (exact) mass is 434 g/mol. The van der Waals surface area contributed by atoms with Crippen LogP contribution in [-0.4, -0.2) is 41.3 Å². The van der Waals surface area contributed by atoms with Crippen LogP contribution >= 0.6 is 0 Å². The summed E-state index contributed by atoms with van der Waals surface area (Å²) < 4.78 is 36.6. The predicted octanol–water partition coefficient (Wildman–Crippen LogP) is 3.35. The summed E-state index contributed by atoms with van der Waals surface area (Å²) in [6, 6.07) is 10.7. The fourth-order valence-corrected chi connectivity index (χ4v) is 4.14. The highest BCUT2D eigenvalue weighted by Crippen LogP contribution is 2.31.